The molecule has 4 heteroatoms. The molecule has 2 unspecified atom stereocenters. The molecule has 11 heavy (non-hydrogen) atoms. The Morgan fingerprint density at radius 1 is 1.55 bits per heavy atom. The predicted molar refractivity (Wildman–Crippen MR) is 36.6 cm³/mol. The average Bonchev–Trinajstić information content (AvgIpc) is 2.05. The zero-order valence-electron chi connectivity index (χ0n) is 6.32. The summed E-state index contributed by atoms with van der Waals surface area (Å²) >= 11 is 0. The van der Waals surface area contributed by atoms with Gasteiger partial charge in [-0.15, -0.1) is 0 Å². The average molecular weight is 161 g/mol. The van der Waals surface area contributed by atoms with E-state index in [0.717, 1.165) is 0 Å². The van der Waals surface area contributed by atoms with Crippen LogP contribution >= 0.6 is 0 Å². The third kappa shape index (κ3) is 2.13. The van der Waals surface area contributed by atoms with E-state index in [2.05, 4.69) is 0 Å². The molecule has 0 aromatic carbocycles. The van der Waals surface area contributed by atoms with Crippen LogP contribution in [-0.2, 0) is 9.84 Å². The van der Waals surface area contributed by atoms with Crippen LogP contribution in [0.1, 0.15) is 12.8 Å². The molecular weight excluding hydrogens is 148 g/mol. The minimum absolute atomic E-state index is 0.135. The lowest BCUT2D eigenvalue weighted by Gasteiger charge is -2.32. The predicted octanol–water partition coefficient (Wildman–Crippen LogP) is -0.681. The highest BCUT2D eigenvalue weighted by Crippen LogP contribution is 2.24. The lowest BCUT2D eigenvalue weighted by molar-refractivity contribution is -0.163. The lowest BCUT2D eigenvalue weighted by atomic mass is 9.91. The standard InChI is InChI=1S/C7H13O4/c8-4-6-3-7(10,5-9)1-2-11-6/h6,8-9H,1-5H2. The van der Waals surface area contributed by atoms with Gasteiger partial charge in [-0.2, -0.15) is 0 Å². The molecule has 0 amide bonds. The first-order valence-electron chi connectivity index (χ1n) is 3.74. The maximum Gasteiger partial charge on any atom is 0.131 e. The van der Waals surface area contributed by atoms with E-state index in [1.165, 1.54) is 0 Å². The van der Waals surface area contributed by atoms with Crippen molar-refractivity contribution in [3.63, 3.8) is 0 Å². The molecule has 1 heterocycles. The van der Waals surface area contributed by atoms with Gasteiger partial charge in [0, 0.05) is 12.8 Å². The van der Waals surface area contributed by atoms with Gasteiger partial charge in [-0.05, 0) is 0 Å². The second kappa shape index (κ2) is 3.49. The first-order chi connectivity index (χ1) is 5.20. The fourth-order valence-electron chi connectivity index (χ4n) is 1.25. The Morgan fingerprint density at radius 2 is 2.27 bits per heavy atom. The van der Waals surface area contributed by atoms with Gasteiger partial charge in [0.25, 0.3) is 0 Å². The van der Waals surface area contributed by atoms with Crippen molar-refractivity contribution in [2.45, 2.75) is 24.5 Å². The molecule has 1 rings (SSSR count). The highest BCUT2D eigenvalue weighted by molar-refractivity contribution is 4.84. The molecule has 0 saturated carbocycles. The lowest BCUT2D eigenvalue weighted by Crippen LogP contribution is -2.43. The van der Waals surface area contributed by atoms with Crippen LogP contribution in [0.5, 0.6) is 0 Å². The maximum atomic E-state index is 11.4. The van der Waals surface area contributed by atoms with Crippen molar-refractivity contribution in [2.75, 3.05) is 19.8 Å². The largest absolute Gasteiger partial charge is 0.394 e. The molecule has 0 spiro atoms. The van der Waals surface area contributed by atoms with Crippen molar-refractivity contribution in [3.05, 3.63) is 0 Å². The first kappa shape index (κ1) is 8.93. The summed E-state index contributed by atoms with van der Waals surface area (Å²) in [6, 6.07) is 0. The van der Waals surface area contributed by atoms with Gasteiger partial charge in [-0.1, -0.05) is 0 Å². The highest BCUT2D eigenvalue weighted by atomic mass is 16.5. The Hall–Kier alpha value is -0.160. The van der Waals surface area contributed by atoms with Crippen LogP contribution in [0, 0.1) is 0 Å². The van der Waals surface area contributed by atoms with E-state index in [1.54, 1.807) is 0 Å². The second-order valence-corrected chi connectivity index (χ2v) is 2.97. The molecule has 0 aromatic heterocycles. The molecule has 1 radical (unpaired) electrons. The normalized spacial score (nSPS) is 39.0. The minimum Gasteiger partial charge on any atom is -0.394 e. The number of aliphatic hydroxyl groups is 2. The second-order valence-electron chi connectivity index (χ2n) is 2.97. The van der Waals surface area contributed by atoms with Crippen molar-refractivity contribution in [1.82, 2.24) is 0 Å². The third-order valence-corrected chi connectivity index (χ3v) is 2.00. The fourth-order valence-corrected chi connectivity index (χ4v) is 1.25. The summed E-state index contributed by atoms with van der Waals surface area (Å²) in [6.07, 6.45) is 0.161. The maximum absolute atomic E-state index is 11.4. The summed E-state index contributed by atoms with van der Waals surface area (Å²) in [5.41, 5.74) is -1.29. The Kier molecular flexibility index (Phi) is 2.84. The van der Waals surface area contributed by atoms with Gasteiger partial charge in [0.2, 0.25) is 0 Å². The molecule has 0 aliphatic carbocycles. The zero-order valence-corrected chi connectivity index (χ0v) is 6.32. The van der Waals surface area contributed by atoms with Crippen molar-refractivity contribution in [1.29, 1.82) is 0 Å². The van der Waals surface area contributed by atoms with E-state index < -0.39 is 5.60 Å². The summed E-state index contributed by atoms with van der Waals surface area (Å²) in [7, 11) is 0. The van der Waals surface area contributed by atoms with Crippen LogP contribution in [0.2, 0.25) is 0 Å². The van der Waals surface area contributed by atoms with Crippen molar-refractivity contribution < 1.29 is 20.1 Å². The van der Waals surface area contributed by atoms with Gasteiger partial charge < -0.3 is 14.9 Å². The molecule has 2 atom stereocenters. The van der Waals surface area contributed by atoms with Crippen LogP contribution in [0.3, 0.4) is 0 Å². The topological polar surface area (TPSA) is 69.6 Å². The van der Waals surface area contributed by atoms with Crippen LogP contribution in [0.4, 0.5) is 0 Å². The monoisotopic (exact) mass is 161 g/mol. The fraction of sp³-hybridized carbons (Fsp3) is 1.00. The Balaban J connectivity index is 2.44. The molecule has 1 aliphatic heterocycles. The summed E-state index contributed by atoms with van der Waals surface area (Å²) in [5.74, 6) is 0. The van der Waals surface area contributed by atoms with Gasteiger partial charge >= 0.3 is 0 Å². The van der Waals surface area contributed by atoms with E-state index in [4.69, 9.17) is 14.9 Å². The number of hydrogen-bond acceptors (Lipinski definition) is 3. The Morgan fingerprint density at radius 3 is 2.82 bits per heavy atom. The van der Waals surface area contributed by atoms with E-state index in [9.17, 15) is 5.11 Å². The zero-order chi connectivity index (χ0) is 8.32. The van der Waals surface area contributed by atoms with Gasteiger partial charge in [0.05, 0.1) is 25.9 Å². The van der Waals surface area contributed by atoms with Crippen molar-refractivity contribution >= 4 is 0 Å². The Labute approximate surface area is 65.4 Å². The van der Waals surface area contributed by atoms with Gasteiger partial charge in [0.15, 0.2) is 0 Å². The number of aliphatic hydroxyl groups excluding tert-OH is 2. The number of ether oxygens (including phenoxy) is 1. The molecule has 0 aromatic rings. The van der Waals surface area contributed by atoms with Crippen molar-refractivity contribution in [3.8, 4) is 0 Å². The molecule has 1 saturated heterocycles. The summed E-state index contributed by atoms with van der Waals surface area (Å²) in [4.78, 5) is 0. The minimum atomic E-state index is -1.29. The summed E-state index contributed by atoms with van der Waals surface area (Å²) < 4.78 is 5.06. The van der Waals surface area contributed by atoms with Gasteiger partial charge in [-0.3, -0.25) is 0 Å². The van der Waals surface area contributed by atoms with Crippen LogP contribution in [-0.4, -0.2) is 41.7 Å². The molecule has 1 aliphatic rings. The van der Waals surface area contributed by atoms with Crippen LogP contribution in [0.15, 0.2) is 0 Å². The molecule has 65 valence electrons. The van der Waals surface area contributed by atoms with Crippen LogP contribution in [0.25, 0.3) is 0 Å². The van der Waals surface area contributed by atoms with Gasteiger partial charge in [-0.25, -0.2) is 5.11 Å². The first-order valence-corrected chi connectivity index (χ1v) is 3.74. The molecule has 0 bridgehead atoms. The van der Waals surface area contributed by atoms with Crippen molar-refractivity contribution in [2.24, 2.45) is 0 Å². The number of hydrogen-bond donors (Lipinski definition) is 2. The van der Waals surface area contributed by atoms with Gasteiger partial charge in [0.1, 0.15) is 5.60 Å². The summed E-state index contributed by atoms with van der Waals surface area (Å²) in [6.45, 7) is -0.161. The van der Waals surface area contributed by atoms with E-state index in [0.29, 0.717) is 13.0 Å². The molecule has 4 nitrogen and oxygen atoms in total. The third-order valence-electron chi connectivity index (χ3n) is 2.00. The number of rotatable bonds is 2. The van der Waals surface area contributed by atoms with E-state index in [-0.39, 0.29) is 25.7 Å². The molecule has 1 fully saturated rings. The smallest absolute Gasteiger partial charge is 0.131 e. The van der Waals surface area contributed by atoms with Crippen LogP contribution < -0.4 is 0 Å². The molecular formula is C7H13O4. The summed E-state index contributed by atoms with van der Waals surface area (Å²) in [5, 5.41) is 28.8. The van der Waals surface area contributed by atoms with E-state index >= 15 is 0 Å². The molecule has 2 N–H and O–H groups in total. The highest BCUT2D eigenvalue weighted by Gasteiger charge is 2.35. The quantitative estimate of drug-likeness (QED) is 0.563. The van der Waals surface area contributed by atoms with E-state index in [1.807, 2.05) is 0 Å². The Bertz CT molecular complexity index is 128. The SMILES string of the molecule is [O]C1(CO)CCOC(CO)C1.